The van der Waals surface area contributed by atoms with Crippen LogP contribution in [0.2, 0.25) is 0 Å². The van der Waals surface area contributed by atoms with E-state index < -0.39 is 5.60 Å². The van der Waals surface area contributed by atoms with Crippen LogP contribution in [0.4, 0.5) is 9.59 Å². The van der Waals surface area contributed by atoms with Gasteiger partial charge in [0.05, 0.1) is 0 Å². The Morgan fingerprint density at radius 2 is 1.62 bits per heavy atom. The molecule has 2 aliphatic rings. The molecule has 0 spiro atoms. The fourth-order valence-corrected chi connectivity index (χ4v) is 4.19. The maximum atomic E-state index is 13.1. The number of hydrogen-bond acceptors (Lipinski definition) is 3. The number of nitrogens with zero attached hydrogens (tertiary/aromatic N) is 3. The fraction of sp³-hybridized carbons (Fsp3) is 0.900. The van der Waals surface area contributed by atoms with E-state index in [0.29, 0.717) is 6.54 Å². The van der Waals surface area contributed by atoms with Gasteiger partial charge in [-0.3, -0.25) is 4.90 Å². The van der Waals surface area contributed by atoms with E-state index in [0.717, 1.165) is 38.5 Å². The second kappa shape index (κ2) is 8.49. The van der Waals surface area contributed by atoms with Crippen LogP contribution in [0.3, 0.4) is 0 Å². The summed E-state index contributed by atoms with van der Waals surface area (Å²) >= 11 is 0. The molecule has 2 atom stereocenters. The van der Waals surface area contributed by atoms with Gasteiger partial charge < -0.3 is 14.5 Å². The lowest BCUT2D eigenvalue weighted by atomic mass is 9.90. The van der Waals surface area contributed by atoms with E-state index in [4.69, 9.17) is 4.74 Å². The Balaban J connectivity index is 2.32. The van der Waals surface area contributed by atoms with Crippen LogP contribution in [0.1, 0.15) is 72.6 Å². The molecule has 0 N–H and O–H groups in total. The normalized spacial score (nSPS) is 24.9. The minimum atomic E-state index is -0.538. The molecule has 26 heavy (non-hydrogen) atoms. The van der Waals surface area contributed by atoms with Crippen molar-refractivity contribution in [3.8, 4) is 0 Å². The molecule has 0 aromatic heterocycles. The minimum absolute atomic E-state index is 0.00390. The third kappa shape index (κ3) is 5.04. The van der Waals surface area contributed by atoms with Crippen LogP contribution in [-0.4, -0.2) is 65.3 Å². The molecule has 2 rings (SSSR count). The molecular formula is C20H37N3O3. The van der Waals surface area contributed by atoms with Gasteiger partial charge in [-0.1, -0.05) is 26.2 Å². The van der Waals surface area contributed by atoms with Gasteiger partial charge in [-0.15, -0.1) is 0 Å². The first kappa shape index (κ1) is 20.8. The summed E-state index contributed by atoms with van der Waals surface area (Å²) in [4.78, 5) is 31.5. The van der Waals surface area contributed by atoms with Crippen molar-refractivity contribution in [3.05, 3.63) is 0 Å². The molecule has 0 radical (unpaired) electrons. The van der Waals surface area contributed by atoms with Crippen molar-refractivity contribution in [2.75, 3.05) is 20.6 Å². The van der Waals surface area contributed by atoms with Gasteiger partial charge in [0.15, 0.2) is 0 Å². The van der Waals surface area contributed by atoms with Gasteiger partial charge in [-0.25, -0.2) is 9.59 Å². The molecule has 1 heterocycles. The maximum Gasteiger partial charge on any atom is 0.411 e. The molecular weight excluding hydrogens is 330 g/mol. The van der Waals surface area contributed by atoms with E-state index in [1.807, 2.05) is 25.7 Å². The van der Waals surface area contributed by atoms with Crippen LogP contribution in [0, 0.1) is 5.92 Å². The number of urea groups is 1. The van der Waals surface area contributed by atoms with E-state index in [2.05, 4.69) is 6.92 Å². The molecule has 0 aromatic carbocycles. The summed E-state index contributed by atoms with van der Waals surface area (Å²) in [6.45, 7) is 8.46. The van der Waals surface area contributed by atoms with Crippen LogP contribution in [0.5, 0.6) is 0 Å². The van der Waals surface area contributed by atoms with Crippen molar-refractivity contribution in [1.82, 2.24) is 14.7 Å². The average molecular weight is 368 g/mol. The molecule has 2 fully saturated rings. The first-order valence-corrected chi connectivity index (χ1v) is 10.1. The van der Waals surface area contributed by atoms with E-state index in [1.54, 1.807) is 23.9 Å². The Morgan fingerprint density at radius 1 is 1.00 bits per heavy atom. The fourth-order valence-electron chi connectivity index (χ4n) is 4.19. The van der Waals surface area contributed by atoms with Crippen LogP contribution >= 0.6 is 0 Å². The largest absolute Gasteiger partial charge is 0.444 e. The lowest BCUT2D eigenvalue weighted by Gasteiger charge is -2.49. The van der Waals surface area contributed by atoms with E-state index >= 15 is 0 Å². The van der Waals surface area contributed by atoms with Crippen molar-refractivity contribution in [2.24, 2.45) is 5.92 Å². The van der Waals surface area contributed by atoms with E-state index in [9.17, 15) is 9.59 Å². The number of rotatable bonds is 2. The summed E-state index contributed by atoms with van der Waals surface area (Å²) in [5, 5.41) is 0. The average Bonchev–Trinajstić information content (AvgIpc) is 2.55. The summed E-state index contributed by atoms with van der Waals surface area (Å²) < 4.78 is 5.67. The standard InChI is InChI=1S/C20H37N3O3/c1-15-11-10-14-22(19(25)26-20(2,3)4)17(15)23(18(24)21(5)6)16-12-8-7-9-13-16/h15-17H,7-14H2,1-6H3. The van der Waals surface area contributed by atoms with Crippen molar-refractivity contribution in [1.29, 1.82) is 0 Å². The molecule has 0 aromatic rings. The molecule has 3 amide bonds. The Labute approximate surface area is 158 Å². The smallest absolute Gasteiger partial charge is 0.411 e. The van der Waals surface area contributed by atoms with Crippen LogP contribution in [0.15, 0.2) is 0 Å². The van der Waals surface area contributed by atoms with Crippen LogP contribution < -0.4 is 0 Å². The number of hydrogen-bond donors (Lipinski definition) is 0. The topological polar surface area (TPSA) is 53.1 Å². The molecule has 150 valence electrons. The monoisotopic (exact) mass is 367 g/mol. The van der Waals surface area contributed by atoms with Crippen molar-refractivity contribution >= 4 is 12.1 Å². The Morgan fingerprint density at radius 3 is 2.15 bits per heavy atom. The van der Waals surface area contributed by atoms with Gasteiger partial charge in [-0.2, -0.15) is 0 Å². The molecule has 0 bridgehead atoms. The van der Waals surface area contributed by atoms with Crippen LogP contribution in [0.25, 0.3) is 0 Å². The molecule has 2 unspecified atom stereocenters. The Bertz CT molecular complexity index is 495. The lowest BCUT2D eigenvalue weighted by molar-refractivity contribution is -0.0476. The van der Waals surface area contributed by atoms with Gasteiger partial charge in [0.1, 0.15) is 11.8 Å². The molecule has 6 nitrogen and oxygen atoms in total. The van der Waals surface area contributed by atoms with Gasteiger partial charge in [0.25, 0.3) is 0 Å². The zero-order valence-corrected chi connectivity index (χ0v) is 17.5. The number of amides is 3. The second-order valence-corrected chi connectivity index (χ2v) is 9.08. The van der Waals surface area contributed by atoms with Gasteiger partial charge in [0, 0.05) is 26.7 Å². The first-order valence-electron chi connectivity index (χ1n) is 10.1. The maximum absolute atomic E-state index is 13.1. The number of piperidine rings is 1. The van der Waals surface area contributed by atoms with E-state index in [1.165, 1.54) is 6.42 Å². The highest BCUT2D eigenvalue weighted by molar-refractivity contribution is 5.76. The molecule has 6 heteroatoms. The number of ether oxygens (including phenoxy) is 1. The SMILES string of the molecule is CC1CCCN(C(=O)OC(C)(C)C)C1N(C(=O)N(C)C)C1CCCCC1. The molecule has 1 aliphatic heterocycles. The minimum Gasteiger partial charge on any atom is -0.444 e. The Kier molecular flexibility index (Phi) is 6.80. The van der Waals surface area contributed by atoms with Crippen LogP contribution in [-0.2, 0) is 4.74 Å². The second-order valence-electron chi connectivity index (χ2n) is 9.08. The predicted molar refractivity (Wildman–Crippen MR) is 103 cm³/mol. The number of carbonyl (C=O) groups is 2. The van der Waals surface area contributed by atoms with Gasteiger partial charge >= 0.3 is 12.1 Å². The molecule has 1 saturated carbocycles. The number of likely N-dealkylation sites (tertiary alicyclic amines) is 1. The summed E-state index contributed by atoms with van der Waals surface area (Å²) in [6.07, 6.45) is 7.01. The zero-order chi connectivity index (χ0) is 19.5. The van der Waals surface area contributed by atoms with E-state index in [-0.39, 0.29) is 30.2 Å². The van der Waals surface area contributed by atoms with Crippen molar-refractivity contribution < 1.29 is 14.3 Å². The predicted octanol–water partition coefficient (Wildman–Crippen LogP) is 4.30. The van der Waals surface area contributed by atoms with Gasteiger partial charge in [-0.05, 0) is 52.4 Å². The molecule has 1 saturated heterocycles. The lowest BCUT2D eigenvalue weighted by Crippen LogP contribution is -2.63. The number of carbonyl (C=O) groups excluding carboxylic acids is 2. The summed E-state index contributed by atoms with van der Waals surface area (Å²) in [6, 6.07) is 0.207. The molecule has 1 aliphatic carbocycles. The Hall–Kier alpha value is -1.46. The van der Waals surface area contributed by atoms with Crippen molar-refractivity contribution in [3.63, 3.8) is 0 Å². The third-order valence-electron chi connectivity index (χ3n) is 5.37. The quantitative estimate of drug-likeness (QED) is 0.731. The van der Waals surface area contributed by atoms with Crippen molar-refractivity contribution in [2.45, 2.75) is 90.4 Å². The first-order chi connectivity index (χ1) is 12.1. The third-order valence-corrected chi connectivity index (χ3v) is 5.37. The summed E-state index contributed by atoms with van der Waals surface area (Å²) in [7, 11) is 3.59. The highest BCUT2D eigenvalue weighted by Gasteiger charge is 2.43. The highest BCUT2D eigenvalue weighted by Crippen LogP contribution is 2.33. The highest BCUT2D eigenvalue weighted by atomic mass is 16.6. The zero-order valence-electron chi connectivity index (χ0n) is 17.5. The summed E-state index contributed by atoms with van der Waals surface area (Å²) in [5.41, 5.74) is -0.538. The van der Waals surface area contributed by atoms with Gasteiger partial charge in [0.2, 0.25) is 0 Å². The summed E-state index contributed by atoms with van der Waals surface area (Å²) in [5.74, 6) is 0.238.